The number of H-pyrrole nitrogens is 1. The topological polar surface area (TPSA) is 84.5 Å². The quantitative estimate of drug-likeness (QED) is 0.814. The van der Waals surface area contributed by atoms with Crippen molar-refractivity contribution in [3.63, 3.8) is 0 Å². The van der Waals surface area contributed by atoms with Gasteiger partial charge in [0, 0.05) is 17.7 Å². The summed E-state index contributed by atoms with van der Waals surface area (Å²) in [5, 5.41) is 7.12. The van der Waals surface area contributed by atoms with E-state index in [1.54, 1.807) is 4.90 Å². The van der Waals surface area contributed by atoms with Crippen LogP contribution in [0.2, 0.25) is 0 Å². The molecule has 0 saturated heterocycles. The highest BCUT2D eigenvalue weighted by molar-refractivity contribution is 5.90. The van der Waals surface area contributed by atoms with Crippen molar-refractivity contribution in [3.8, 4) is 11.3 Å². The van der Waals surface area contributed by atoms with Gasteiger partial charge in [-0.25, -0.2) is 14.0 Å². The molecule has 0 bridgehead atoms. The first-order valence-corrected chi connectivity index (χ1v) is 8.62. The van der Waals surface area contributed by atoms with Gasteiger partial charge in [-0.15, -0.1) is 0 Å². The van der Waals surface area contributed by atoms with Crippen LogP contribution in [0.5, 0.6) is 0 Å². The summed E-state index contributed by atoms with van der Waals surface area (Å²) in [6, 6.07) is 4.15. The third kappa shape index (κ3) is 3.94. The molecule has 2 aromatic rings. The first kappa shape index (κ1) is 18.9. The standard InChI is InChI=1S/C19H22FN3O4/c1-19(2,3)27-18(25)23-8-7-13-15(10-23)21-22-16(13)12-6-5-11(9-14(12)20)17(24)26-4/h5-6,9H,7-8,10H2,1-4H3,(H,21,22). The molecule has 0 atom stereocenters. The van der Waals surface area contributed by atoms with E-state index < -0.39 is 23.5 Å². The fourth-order valence-electron chi connectivity index (χ4n) is 2.98. The number of benzene rings is 1. The summed E-state index contributed by atoms with van der Waals surface area (Å²) >= 11 is 0. The summed E-state index contributed by atoms with van der Waals surface area (Å²) in [6.45, 7) is 6.22. The Morgan fingerprint density at radius 2 is 2.04 bits per heavy atom. The van der Waals surface area contributed by atoms with E-state index in [2.05, 4.69) is 14.9 Å². The molecular formula is C19H22FN3O4. The van der Waals surface area contributed by atoms with Gasteiger partial charge in [-0.05, 0) is 45.4 Å². The zero-order chi connectivity index (χ0) is 19.8. The average Bonchev–Trinajstić information content (AvgIpc) is 3.02. The zero-order valence-corrected chi connectivity index (χ0v) is 15.8. The van der Waals surface area contributed by atoms with E-state index in [1.807, 2.05) is 20.8 Å². The number of nitrogens with one attached hydrogen (secondary N) is 1. The van der Waals surface area contributed by atoms with Crippen molar-refractivity contribution in [2.45, 2.75) is 39.3 Å². The summed E-state index contributed by atoms with van der Waals surface area (Å²) in [4.78, 5) is 25.4. The number of carbonyl (C=O) groups excluding carboxylic acids is 2. The van der Waals surface area contributed by atoms with Crippen LogP contribution in [0.25, 0.3) is 11.3 Å². The lowest BCUT2D eigenvalue weighted by molar-refractivity contribution is 0.0221. The van der Waals surface area contributed by atoms with Crippen LogP contribution in [0.4, 0.5) is 9.18 Å². The molecule has 1 aliphatic heterocycles. The van der Waals surface area contributed by atoms with Crippen LogP contribution < -0.4 is 0 Å². The summed E-state index contributed by atoms with van der Waals surface area (Å²) in [5.41, 5.74) is 1.96. The summed E-state index contributed by atoms with van der Waals surface area (Å²) in [5.74, 6) is -1.15. The molecule has 0 saturated carbocycles. The third-order valence-electron chi connectivity index (χ3n) is 4.23. The number of aromatic nitrogens is 2. The fraction of sp³-hybridized carbons (Fsp3) is 0.421. The first-order chi connectivity index (χ1) is 12.7. The summed E-state index contributed by atoms with van der Waals surface area (Å²) < 4.78 is 24.5. The smallest absolute Gasteiger partial charge is 0.410 e. The van der Waals surface area contributed by atoms with Gasteiger partial charge in [-0.2, -0.15) is 5.10 Å². The van der Waals surface area contributed by atoms with Crippen molar-refractivity contribution in [1.82, 2.24) is 15.1 Å². The van der Waals surface area contributed by atoms with E-state index in [4.69, 9.17) is 4.74 Å². The number of halogens is 1. The lowest BCUT2D eigenvalue weighted by Crippen LogP contribution is -2.39. The molecule has 1 aromatic carbocycles. The van der Waals surface area contributed by atoms with Crippen LogP contribution in [0.3, 0.4) is 0 Å². The predicted octanol–water partition coefficient (Wildman–Crippen LogP) is 3.30. The molecule has 0 unspecified atom stereocenters. The maximum absolute atomic E-state index is 14.5. The van der Waals surface area contributed by atoms with Gasteiger partial charge in [0.1, 0.15) is 11.4 Å². The average molecular weight is 375 g/mol. The number of carbonyl (C=O) groups is 2. The van der Waals surface area contributed by atoms with Gasteiger partial charge in [0.05, 0.1) is 30.6 Å². The maximum Gasteiger partial charge on any atom is 0.410 e. The van der Waals surface area contributed by atoms with Gasteiger partial charge < -0.3 is 14.4 Å². The Morgan fingerprint density at radius 1 is 1.30 bits per heavy atom. The molecule has 2 heterocycles. The molecule has 8 heteroatoms. The second-order valence-electron chi connectivity index (χ2n) is 7.37. The fourth-order valence-corrected chi connectivity index (χ4v) is 2.98. The molecule has 27 heavy (non-hydrogen) atoms. The number of ether oxygens (including phenoxy) is 2. The number of hydrogen-bond donors (Lipinski definition) is 1. The van der Waals surface area contributed by atoms with Crippen LogP contribution >= 0.6 is 0 Å². The highest BCUT2D eigenvalue weighted by Crippen LogP contribution is 2.31. The van der Waals surface area contributed by atoms with E-state index in [1.165, 1.54) is 19.2 Å². The maximum atomic E-state index is 14.5. The number of nitrogens with zero attached hydrogens (tertiary/aromatic N) is 2. The van der Waals surface area contributed by atoms with Gasteiger partial charge >= 0.3 is 12.1 Å². The Bertz CT molecular complexity index is 886. The molecule has 1 aliphatic rings. The Hall–Kier alpha value is -2.90. The van der Waals surface area contributed by atoms with Crippen molar-refractivity contribution in [1.29, 1.82) is 0 Å². The zero-order valence-electron chi connectivity index (χ0n) is 15.8. The second-order valence-corrected chi connectivity index (χ2v) is 7.37. The normalized spacial score (nSPS) is 13.9. The second kappa shape index (κ2) is 7.02. The van der Waals surface area contributed by atoms with E-state index in [-0.39, 0.29) is 5.56 Å². The van der Waals surface area contributed by atoms with E-state index in [0.717, 1.165) is 17.3 Å². The Balaban J connectivity index is 1.83. The van der Waals surface area contributed by atoms with Crippen molar-refractivity contribution in [3.05, 3.63) is 40.8 Å². The molecule has 0 radical (unpaired) electrons. The minimum absolute atomic E-state index is 0.138. The Kier molecular flexibility index (Phi) is 4.91. The molecule has 0 fully saturated rings. The number of esters is 1. The monoisotopic (exact) mass is 375 g/mol. The van der Waals surface area contributed by atoms with Crippen LogP contribution in [0, 0.1) is 5.82 Å². The van der Waals surface area contributed by atoms with E-state index in [9.17, 15) is 14.0 Å². The molecule has 144 valence electrons. The minimum atomic E-state index is -0.600. The number of amides is 1. The van der Waals surface area contributed by atoms with Gasteiger partial charge in [0.2, 0.25) is 0 Å². The molecule has 0 spiro atoms. The minimum Gasteiger partial charge on any atom is -0.465 e. The molecule has 0 aliphatic carbocycles. The molecule has 1 aromatic heterocycles. The molecule has 3 rings (SSSR count). The third-order valence-corrected chi connectivity index (χ3v) is 4.23. The van der Waals surface area contributed by atoms with E-state index >= 15 is 0 Å². The summed E-state index contributed by atoms with van der Waals surface area (Å²) in [7, 11) is 1.24. The van der Waals surface area contributed by atoms with Crippen molar-refractivity contribution in [2.75, 3.05) is 13.7 Å². The Morgan fingerprint density at radius 3 is 2.67 bits per heavy atom. The predicted molar refractivity (Wildman–Crippen MR) is 95.7 cm³/mol. The number of methoxy groups -OCH3 is 1. The number of fused-ring (bicyclic) bond motifs is 1. The van der Waals surface area contributed by atoms with Crippen molar-refractivity contribution < 1.29 is 23.5 Å². The molecular weight excluding hydrogens is 353 g/mol. The number of aromatic amines is 1. The number of rotatable bonds is 2. The molecule has 1 amide bonds. The molecule has 1 N–H and O–H groups in total. The summed E-state index contributed by atoms with van der Waals surface area (Å²) in [6.07, 6.45) is 0.136. The number of hydrogen-bond acceptors (Lipinski definition) is 5. The Labute approximate surface area is 156 Å². The lowest BCUT2D eigenvalue weighted by atomic mass is 9.99. The van der Waals surface area contributed by atoms with E-state index in [0.29, 0.717) is 30.8 Å². The van der Waals surface area contributed by atoms with Crippen molar-refractivity contribution in [2.24, 2.45) is 0 Å². The SMILES string of the molecule is COC(=O)c1ccc(-c2n[nH]c3c2CCN(C(=O)OC(C)(C)C)C3)c(F)c1. The highest BCUT2D eigenvalue weighted by Gasteiger charge is 2.29. The van der Waals surface area contributed by atoms with Crippen LogP contribution in [-0.2, 0) is 22.4 Å². The van der Waals surface area contributed by atoms with Gasteiger partial charge in [-0.1, -0.05) is 0 Å². The van der Waals surface area contributed by atoms with Crippen LogP contribution in [-0.4, -0.2) is 46.4 Å². The van der Waals surface area contributed by atoms with Crippen LogP contribution in [0.15, 0.2) is 18.2 Å². The highest BCUT2D eigenvalue weighted by atomic mass is 19.1. The van der Waals surface area contributed by atoms with Gasteiger partial charge in [0.25, 0.3) is 0 Å². The molecule has 7 nitrogen and oxygen atoms in total. The largest absolute Gasteiger partial charge is 0.465 e. The lowest BCUT2D eigenvalue weighted by Gasteiger charge is -2.29. The van der Waals surface area contributed by atoms with Crippen molar-refractivity contribution >= 4 is 12.1 Å². The van der Waals surface area contributed by atoms with Gasteiger partial charge in [0.15, 0.2) is 0 Å². The first-order valence-electron chi connectivity index (χ1n) is 8.62. The van der Waals surface area contributed by atoms with Crippen LogP contribution in [0.1, 0.15) is 42.4 Å². The van der Waals surface area contributed by atoms with Gasteiger partial charge in [-0.3, -0.25) is 5.10 Å².